The molecule has 0 spiro atoms. The maximum Gasteiger partial charge on any atom is 0.184 e. The largest absolute Gasteiger partial charge is 0.394 e. The number of carbonyl (C=O) groups is 2. The molecule has 0 unspecified atom stereocenters. The molecule has 7 heteroatoms. The highest BCUT2D eigenvalue weighted by Crippen LogP contribution is 2.23. The van der Waals surface area contributed by atoms with Gasteiger partial charge in [-0.1, -0.05) is 13.8 Å². The van der Waals surface area contributed by atoms with Crippen LogP contribution >= 0.6 is 0 Å². The second-order valence-corrected chi connectivity index (χ2v) is 4.12. The number of hydrogen-bond donors (Lipinski definition) is 5. The summed E-state index contributed by atoms with van der Waals surface area (Å²) in [5.74, 6) is -1.78. The zero-order valence-corrected chi connectivity index (χ0v) is 9.65. The van der Waals surface area contributed by atoms with E-state index < -0.39 is 42.2 Å². The van der Waals surface area contributed by atoms with Gasteiger partial charge in [-0.05, 0) is 0 Å². The van der Waals surface area contributed by atoms with Gasteiger partial charge in [-0.25, -0.2) is 0 Å². The molecule has 0 amide bonds. The highest BCUT2D eigenvalue weighted by molar-refractivity contribution is 5.93. The minimum atomic E-state index is -2.84. The number of aliphatic hydroxyl groups excluding tert-OH is 4. The minimum absolute atomic E-state index is 0.117. The summed E-state index contributed by atoms with van der Waals surface area (Å²) in [4.78, 5) is 22.2. The molecule has 0 rings (SSSR count). The lowest BCUT2D eigenvalue weighted by Crippen LogP contribution is -2.64. The van der Waals surface area contributed by atoms with Gasteiger partial charge in [-0.15, -0.1) is 0 Å². The Kier molecular flexibility index (Phi) is 5.86. The third-order valence-corrected chi connectivity index (χ3v) is 2.50. The van der Waals surface area contributed by atoms with Gasteiger partial charge in [0.15, 0.2) is 17.7 Å². The van der Waals surface area contributed by atoms with Crippen LogP contribution in [0.5, 0.6) is 0 Å². The van der Waals surface area contributed by atoms with Crippen molar-refractivity contribution in [2.45, 2.75) is 37.8 Å². The summed E-state index contributed by atoms with van der Waals surface area (Å²) in [7, 11) is 0. The molecular formula is C10H18O7. The number of ketones is 1. The molecule has 0 heterocycles. The van der Waals surface area contributed by atoms with Gasteiger partial charge in [0.2, 0.25) is 0 Å². The molecule has 0 aliphatic heterocycles. The Hall–Kier alpha value is -0.860. The number of aldehydes is 1. The molecule has 17 heavy (non-hydrogen) atoms. The molecule has 4 atom stereocenters. The van der Waals surface area contributed by atoms with E-state index in [1.165, 1.54) is 13.8 Å². The molecule has 0 aromatic carbocycles. The number of carbonyl (C=O) groups excluding carboxylic acids is 2. The van der Waals surface area contributed by atoms with Crippen LogP contribution in [0.25, 0.3) is 0 Å². The van der Waals surface area contributed by atoms with Crippen LogP contribution in [-0.2, 0) is 9.59 Å². The summed E-state index contributed by atoms with van der Waals surface area (Å²) >= 11 is 0. The Labute approximate surface area is 98.3 Å². The Bertz CT molecular complexity index is 278. The zero-order chi connectivity index (χ0) is 13.8. The van der Waals surface area contributed by atoms with E-state index in [0.717, 1.165) is 0 Å². The molecule has 0 aliphatic rings. The molecule has 0 radical (unpaired) electrons. The second-order valence-electron chi connectivity index (χ2n) is 4.12. The van der Waals surface area contributed by atoms with Gasteiger partial charge in [0.25, 0.3) is 0 Å². The van der Waals surface area contributed by atoms with Crippen LogP contribution in [0.1, 0.15) is 13.8 Å². The topological polar surface area (TPSA) is 135 Å². The normalized spacial score (nSPS) is 20.5. The van der Waals surface area contributed by atoms with Crippen molar-refractivity contribution in [1.82, 2.24) is 0 Å². The van der Waals surface area contributed by atoms with Crippen LogP contribution in [0.2, 0.25) is 0 Å². The van der Waals surface area contributed by atoms with Crippen LogP contribution in [-0.4, -0.2) is 68.1 Å². The quantitative estimate of drug-likeness (QED) is 0.308. The lowest BCUT2D eigenvalue weighted by Gasteiger charge is -2.36. The maximum absolute atomic E-state index is 11.7. The smallest absolute Gasteiger partial charge is 0.184 e. The molecule has 5 N–H and O–H groups in total. The molecule has 0 fully saturated rings. The Morgan fingerprint density at radius 2 is 1.76 bits per heavy atom. The minimum Gasteiger partial charge on any atom is -0.394 e. The van der Waals surface area contributed by atoms with Crippen LogP contribution in [0, 0.1) is 5.92 Å². The van der Waals surface area contributed by atoms with Crippen LogP contribution < -0.4 is 0 Å². The predicted molar refractivity (Wildman–Crippen MR) is 56.0 cm³/mol. The van der Waals surface area contributed by atoms with E-state index in [9.17, 15) is 30.0 Å². The molecule has 0 saturated carbocycles. The third-order valence-electron chi connectivity index (χ3n) is 2.50. The first-order valence-electron chi connectivity index (χ1n) is 5.10. The molecular weight excluding hydrogens is 232 g/mol. The van der Waals surface area contributed by atoms with Crippen molar-refractivity contribution < 1.29 is 35.1 Å². The summed E-state index contributed by atoms with van der Waals surface area (Å²) < 4.78 is 0. The van der Waals surface area contributed by atoms with Crippen LogP contribution in [0.4, 0.5) is 0 Å². The first-order chi connectivity index (χ1) is 7.73. The lowest BCUT2D eigenvalue weighted by atomic mass is 9.79. The van der Waals surface area contributed by atoms with Gasteiger partial charge >= 0.3 is 0 Å². The number of hydrogen-bond acceptors (Lipinski definition) is 7. The van der Waals surface area contributed by atoms with E-state index in [2.05, 4.69) is 0 Å². The fraction of sp³-hybridized carbons (Fsp3) is 0.800. The maximum atomic E-state index is 11.7. The Balaban J connectivity index is 5.38. The van der Waals surface area contributed by atoms with Crippen molar-refractivity contribution in [3.05, 3.63) is 0 Å². The monoisotopic (exact) mass is 250 g/mol. The van der Waals surface area contributed by atoms with Gasteiger partial charge in [-0.2, -0.15) is 0 Å². The lowest BCUT2D eigenvalue weighted by molar-refractivity contribution is -0.191. The van der Waals surface area contributed by atoms with Crippen molar-refractivity contribution >= 4 is 12.1 Å². The highest BCUT2D eigenvalue weighted by Gasteiger charge is 2.52. The standard InChI is InChI=1S/C10H18O7/c1-5(2)8(15)10(17,7(14)4-12)9(16)6(13)3-11/h4-7,9,11,13-14,16-17H,3H2,1-2H3/t6-,7+,9-,10+/m1/s1. The summed E-state index contributed by atoms with van der Waals surface area (Å²) in [6, 6.07) is 0. The first-order valence-corrected chi connectivity index (χ1v) is 5.10. The van der Waals surface area contributed by atoms with E-state index in [4.69, 9.17) is 5.11 Å². The van der Waals surface area contributed by atoms with E-state index >= 15 is 0 Å². The zero-order valence-electron chi connectivity index (χ0n) is 9.65. The Morgan fingerprint density at radius 3 is 2.06 bits per heavy atom. The van der Waals surface area contributed by atoms with E-state index in [1.54, 1.807) is 0 Å². The first kappa shape index (κ1) is 16.1. The van der Waals surface area contributed by atoms with E-state index in [-0.39, 0.29) is 6.29 Å². The second kappa shape index (κ2) is 6.18. The average molecular weight is 250 g/mol. The fourth-order valence-corrected chi connectivity index (χ4v) is 1.43. The third kappa shape index (κ3) is 3.08. The SMILES string of the molecule is CC(C)C(=O)[C@](O)([C@H](O)[C@H](O)CO)[C@@H](O)C=O. The summed E-state index contributed by atoms with van der Waals surface area (Å²) in [5.41, 5.74) is -2.84. The van der Waals surface area contributed by atoms with Gasteiger partial charge in [0, 0.05) is 5.92 Å². The van der Waals surface area contributed by atoms with Crippen LogP contribution in [0.15, 0.2) is 0 Å². The van der Waals surface area contributed by atoms with Crippen molar-refractivity contribution in [3.63, 3.8) is 0 Å². The van der Waals surface area contributed by atoms with Gasteiger partial charge in [0.05, 0.1) is 6.61 Å². The number of Topliss-reactive ketones (excluding diaryl/α,β-unsaturated/α-hetero) is 1. The van der Waals surface area contributed by atoms with Gasteiger partial charge in [0.1, 0.15) is 18.3 Å². The van der Waals surface area contributed by atoms with Gasteiger partial charge in [-0.3, -0.25) is 4.79 Å². The van der Waals surface area contributed by atoms with Crippen molar-refractivity contribution in [2.75, 3.05) is 6.61 Å². The Morgan fingerprint density at radius 1 is 1.29 bits per heavy atom. The molecule has 0 bridgehead atoms. The summed E-state index contributed by atoms with van der Waals surface area (Å²) in [6.45, 7) is 1.85. The number of aliphatic hydroxyl groups is 5. The molecule has 0 aromatic heterocycles. The summed E-state index contributed by atoms with van der Waals surface area (Å²) in [5, 5.41) is 46.7. The predicted octanol–water partition coefficient (Wildman–Crippen LogP) is -2.78. The average Bonchev–Trinajstić information content (AvgIpc) is 2.33. The summed E-state index contributed by atoms with van der Waals surface area (Å²) in [6.07, 6.45) is -6.32. The van der Waals surface area contributed by atoms with E-state index in [1.807, 2.05) is 0 Å². The van der Waals surface area contributed by atoms with E-state index in [0.29, 0.717) is 0 Å². The van der Waals surface area contributed by atoms with Crippen LogP contribution in [0.3, 0.4) is 0 Å². The highest BCUT2D eigenvalue weighted by atomic mass is 16.4. The molecule has 0 saturated heterocycles. The van der Waals surface area contributed by atoms with Gasteiger partial charge < -0.3 is 30.3 Å². The molecule has 100 valence electrons. The molecule has 0 aromatic rings. The fourth-order valence-electron chi connectivity index (χ4n) is 1.43. The van der Waals surface area contributed by atoms with Crippen molar-refractivity contribution in [1.29, 1.82) is 0 Å². The molecule has 0 aliphatic carbocycles. The molecule has 7 nitrogen and oxygen atoms in total. The van der Waals surface area contributed by atoms with Crippen molar-refractivity contribution in [2.24, 2.45) is 5.92 Å². The van der Waals surface area contributed by atoms with Crippen molar-refractivity contribution in [3.8, 4) is 0 Å². The number of rotatable bonds is 7.